The van der Waals surface area contributed by atoms with Crippen LogP contribution in [0.4, 0.5) is 5.82 Å². The SMILES string of the molecule is CS(=O)(=O)c1c(C2CC3CCC(C2)N3C(=O)c2ncn[nH]2)nc2c(-c3ccc(C4CCCC4)nc3)cnn2c1N. The van der Waals surface area contributed by atoms with Crippen molar-refractivity contribution in [1.29, 1.82) is 0 Å². The quantitative estimate of drug-likeness (QED) is 0.372. The van der Waals surface area contributed by atoms with Gasteiger partial charge >= 0.3 is 0 Å². The molecule has 0 aromatic carbocycles. The number of piperidine rings is 1. The summed E-state index contributed by atoms with van der Waals surface area (Å²) < 4.78 is 27.5. The molecule has 2 saturated heterocycles. The Kier molecular flexibility index (Phi) is 5.88. The van der Waals surface area contributed by atoms with E-state index in [0.717, 1.165) is 35.9 Å². The number of aromatic amines is 1. The Balaban J connectivity index is 1.27. The summed E-state index contributed by atoms with van der Waals surface area (Å²) in [6, 6.07) is 4.01. The number of fused-ring (bicyclic) bond motifs is 3. The highest BCUT2D eigenvalue weighted by Gasteiger charge is 2.46. The molecule has 3 fully saturated rings. The van der Waals surface area contributed by atoms with Gasteiger partial charge in [-0.1, -0.05) is 18.9 Å². The molecule has 4 aromatic heterocycles. The molecular formula is C27H31N9O3S. The van der Waals surface area contributed by atoms with Crippen molar-refractivity contribution in [2.75, 3.05) is 12.0 Å². The fraction of sp³-hybridized carbons (Fsp3) is 0.481. The number of aromatic nitrogens is 7. The van der Waals surface area contributed by atoms with E-state index >= 15 is 0 Å². The standard InChI is InChI=1S/C27H31N9O3S/c1-40(38,39)23-22(17-10-18-7-8-19(11-17)35(18)27(37)25-30-14-31-34-25)33-26-20(13-32-36(26)24(23)28)16-6-9-21(29-12-16)15-4-2-3-5-15/h6,9,12-15,17-19H,2-5,7-8,10-11,28H2,1H3,(H,30,31,34). The van der Waals surface area contributed by atoms with E-state index in [0.29, 0.717) is 30.1 Å². The fourth-order valence-corrected chi connectivity index (χ4v) is 8.13. The molecule has 208 valence electrons. The minimum atomic E-state index is -3.72. The van der Waals surface area contributed by atoms with Crippen molar-refractivity contribution in [2.24, 2.45) is 0 Å². The van der Waals surface area contributed by atoms with E-state index in [9.17, 15) is 13.2 Å². The molecule has 4 aromatic rings. The topological polar surface area (TPSA) is 165 Å². The Bertz CT molecular complexity index is 1680. The highest BCUT2D eigenvalue weighted by molar-refractivity contribution is 7.91. The van der Waals surface area contributed by atoms with Crippen LogP contribution in [0.1, 0.15) is 85.2 Å². The lowest BCUT2D eigenvalue weighted by atomic mass is 9.87. The highest BCUT2D eigenvalue weighted by atomic mass is 32.2. The van der Waals surface area contributed by atoms with Gasteiger partial charge in [-0.2, -0.15) is 14.7 Å². The van der Waals surface area contributed by atoms with Gasteiger partial charge in [0.1, 0.15) is 17.0 Å². The summed E-state index contributed by atoms with van der Waals surface area (Å²) in [4.78, 5) is 28.8. The van der Waals surface area contributed by atoms with Gasteiger partial charge in [0.05, 0.1) is 11.9 Å². The van der Waals surface area contributed by atoms with Gasteiger partial charge in [0.15, 0.2) is 15.5 Å². The zero-order valence-electron chi connectivity index (χ0n) is 22.2. The number of H-pyrrole nitrogens is 1. The molecule has 0 radical (unpaired) electrons. The first-order valence-corrected chi connectivity index (χ1v) is 15.7. The lowest BCUT2D eigenvalue weighted by molar-refractivity contribution is 0.0556. The molecule has 13 heteroatoms. The maximum atomic E-state index is 13.1. The fourth-order valence-electron chi connectivity index (χ4n) is 7.07. The van der Waals surface area contributed by atoms with Crippen LogP contribution in [0.5, 0.6) is 0 Å². The molecule has 2 aliphatic heterocycles. The number of pyridine rings is 1. The van der Waals surface area contributed by atoms with E-state index in [4.69, 9.17) is 15.7 Å². The molecule has 7 rings (SSSR count). The normalized spacial score (nSPS) is 23.3. The predicted octanol–water partition coefficient (Wildman–Crippen LogP) is 3.10. The summed E-state index contributed by atoms with van der Waals surface area (Å²) >= 11 is 0. The second-order valence-electron chi connectivity index (χ2n) is 11.3. The molecule has 6 heterocycles. The zero-order chi connectivity index (χ0) is 27.6. The van der Waals surface area contributed by atoms with Crippen LogP contribution in [-0.4, -0.2) is 72.3 Å². The van der Waals surface area contributed by atoms with E-state index in [2.05, 4.69) is 26.3 Å². The number of nitrogen functional groups attached to an aromatic ring is 1. The number of amides is 1. The Morgan fingerprint density at radius 2 is 1.77 bits per heavy atom. The third kappa shape index (κ3) is 4.05. The lowest BCUT2D eigenvalue weighted by Gasteiger charge is -2.38. The molecule has 40 heavy (non-hydrogen) atoms. The van der Waals surface area contributed by atoms with Crippen LogP contribution < -0.4 is 5.73 Å². The molecule has 1 aliphatic carbocycles. The van der Waals surface area contributed by atoms with Crippen LogP contribution in [0.25, 0.3) is 16.8 Å². The molecule has 2 bridgehead atoms. The maximum Gasteiger partial charge on any atom is 0.291 e. The van der Waals surface area contributed by atoms with E-state index in [-0.39, 0.29) is 40.4 Å². The Hall–Kier alpha value is -3.87. The summed E-state index contributed by atoms with van der Waals surface area (Å²) in [5.74, 6) is 0.414. The molecule has 12 nitrogen and oxygen atoms in total. The smallest absolute Gasteiger partial charge is 0.291 e. The van der Waals surface area contributed by atoms with Crippen molar-refractivity contribution in [3.63, 3.8) is 0 Å². The molecule has 1 amide bonds. The molecule has 3 aliphatic rings. The Morgan fingerprint density at radius 3 is 2.40 bits per heavy atom. The number of nitrogens with zero attached hydrogens (tertiary/aromatic N) is 7. The van der Waals surface area contributed by atoms with E-state index in [1.165, 1.54) is 36.5 Å². The molecule has 3 N–H and O–H groups in total. The number of anilines is 1. The van der Waals surface area contributed by atoms with Crippen molar-refractivity contribution in [1.82, 2.24) is 39.7 Å². The average molecular weight is 562 g/mol. The van der Waals surface area contributed by atoms with Crippen molar-refractivity contribution in [3.05, 3.63) is 48.1 Å². The first-order valence-electron chi connectivity index (χ1n) is 13.8. The van der Waals surface area contributed by atoms with Crippen LogP contribution in [0.15, 0.2) is 35.7 Å². The minimum absolute atomic E-state index is 0.0174. The van der Waals surface area contributed by atoms with Gasteiger partial charge in [0, 0.05) is 53.2 Å². The van der Waals surface area contributed by atoms with Gasteiger partial charge in [0.25, 0.3) is 5.91 Å². The largest absolute Gasteiger partial charge is 0.382 e. The van der Waals surface area contributed by atoms with Gasteiger partial charge in [-0.25, -0.2) is 18.4 Å². The Labute approximate surface area is 231 Å². The van der Waals surface area contributed by atoms with Gasteiger partial charge in [-0.15, -0.1) is 0 Å². The summed E-state index contributed by atoms with van der Waals surface area (Å²) in [5, 5.41) is 10.9. The molecular weight excluding hydrogens is 530 g/mol. The summed E-state index contributed by atoms with van der Waals surface area (Å²) in [6.45, 7) is 0. The third-order valence-electron chi connectivity index (χ3n) is 8.88. The summed E-state index contributed by atoms with van der Waals surface area (Å²) in [7, 11) is -3.72. The number of rotatable bonds is 5. The number of hydrogen-bond acceptors (Lipinski definition) is 9. The summed E-state index contributed by atoms with van der Waals surface area (Å²) in [5.41, 5.74) is 10.2. The second-order valence-corrected chi connectivity index (χ2v) is 13.3. The number of nitrogens with one attached hydrogen (secondary N) is 1. The van der Waals surface area contributed by atoms with Gasteiger partial charge in [-0.3, -0.25) is 14.9 Å². The van der Waals surface area contributed by atoms with Crippen LogP contribution in [0.2, 0.25) is 0 Å². The maximum absolute atomic E-state index is 13.1. The highest BCUT2D eigenvalue weighted by Crippen LogP contribution is 2.45. The van der Waals surface area contributed by atoms with Crippen molar-refractivity contribution in [3.8, 4) is 11.1 Å². The Morgan fingerprint density at radius 1 is 1.02 bits per heavy atom. The summed E-state index contributed by atoms with van der Waals surface area (Å²) in [6.07, 6.45) is 13.7. The van der Waals surface area contributed by atoms with Crippen LogP contribution in [0.3, 0.4) is 0 Å². The molecule has 1 saturated carbocycles. The van der Waals surface area contributed by atoms with Gasteiger partial charge in [0.2, 0.25) is 5.82 Å². The molecule has 0 spiro atoms. The monoisotopic (exact) mass is 561 g/mol. The number of carbonyl (C=O) groups is 1. The van der Waals surface area contributed by atoms with Crippen molar-refractivity contribution in [2.45, 2.75) is 80.2 Å². The second kappa shape index (κ2) is 9.36. The third-order valence-corrected chi connectivity index (χ3v) is 10.0. The number of carbonyl (C=O) groups excluding carboxylic acids is 1. The first kappa shape index (κ1) is 25.1. The number of hydrogen-bond donors (Lipinski definition) is 2. The van der Waals surface area contributed by atoms with Crippen LogP contribution in [0, 0.1) is 0 Å². The lowest BCUT2D eigenvalue weighted by Crippen LogP contribution is -2.46. The average Bonchev–Trinajstić information content (AvgIpc) is 3.74. The molecule has 2 unspecified atom stereocenters. The first-order chi connectivity index (χ1) is 19.3. The van der Waals surface area contributed by atoms with Crippen molar-refractivity contribution >= 4 is 27.2 Å². The van der Waals surface area contributed by atoms with Gasteiger partial charge < -0.3 is 10.6 Å². The predicted molar refractivity (Wildman–Crippen MR) is 146 cm³/mol. The number of nitrogens with two attached hydrogens (primary N) is 1. The van der Waals surface area contributed by atoms with Crippen molar-refractivity contribution < 1.29 is 13.2 Å². The van der Waals surface area contributed by atoms with E-state index < -0.39 is 9.84 Å². The number of sulfone groups is 1. The zero-order valence-corrected chi connectivity index (χ0v) is 23.0. The molecule has 2 atom stereocenters. The van der Waals surface area contributed by atoms with E-state index in [1.54, 1.807) is 6.20 Å². The van der Waals surface area contributed by atoms with E-state index in [1.807, 2.05) is 17.2 Å². The van der Waals surface area contributed by atoms with Crippen LogP contribution >= 0.6 is 0 Å². The van der Waals surface area contributed by atoms with Gasteiger partial charge in [-0.05, 0) is 44.6 Å². The minimum Gasteiger partial charge on any atom is -0.382 e. The van der Waals surface area contributed by atoms with Crippen LogP contribution in [-0.2, 0) is 9.84 Å².